The number of amides is 1. The van der Waals surface area contributed by atoms with Crippen molar-refractivity contribution in [2.75, 3.05) is 41.9 Å². The number of ether oxygens (including phenoxy) is 1. The lowest BCUT2D eigenvalue weighted by Crippen LogP contribution is -2.56. The van der Waals surface area contributed by atoms with E-state index in [0.29, 0.717) is 37.4 Å². The number of thioether (sulfide) groups is 2. The van der Waals surface area contributed by atoms with Crippen LogP contribution in [0.4, 0.5) is 5.69 Å². The molecule has 3 heterocycles. The Kier molecular flexibility index (Phi) is 9.35. The minimum atomic E-state index is -2.07. The van der Waals surface area contributed by atoms with Crippen molar-refractivity contribution in [2.45, 2.75) is 61.0 Å². The molecule has 5 aliphatic rings. The number of hydrogen-bond acceptors (Lipinski definition) is 7. The first-order chi connectivity index (χ1) is 22.1. The number of rotatable bonds is 1. The number of nitrogens with zero attached hydrogens (tertiary/aromatic N) is 2. The molecule has 1 saturated heterocycles. The lowest BCUT2D eigenvalue weighted by atomic mass is 9.61. The Balaban J connectivity index is 1.34. The zero-order valence-electron chi connectivity index (χ0n) is 26.3. The van der Waals surface area contributed by atoms with E-state index in [1.807, 2.05) is 54.7 Å². The van der Waals surface area contributed by atoms with Crippen LogP contribution in [0.5, 0.6) is 5.75 Å². The van der Waals surface area contributed by atoms with Crippen LogP contribution in [-0.2, 0) is 22.4 Å². The van der Waals surface area contributed by atoms with Crippen molar-refractivity contribution >= 4 is 57.3 Å². The van der Waals surface area contributed by atoms with Crippen LogP contribution >= 0.6 is 35.1 Å². The molecule has 2 aromatic rings. The third-order valence-electron chi connectivity index (χ3n) is 10.5. The summed E-state index contributed by atoms with van der Waals surface area (Å²) in [5, 5.41) is 13.4. The number of allylic oxidation sites excluding steroid dienone is 1. The summed E-state index contributed by atoms with van der Waals surface area (Å²) in [6.45, 7) is 8.44. The molecule has 2 unspecified atom stereocenters. The Morgan fingerprint density at radius 1 is 1.17 bits per heavy atom. The van der Waals surface area contributed by atoms with Crippen LogP contribution in [-0.4, -0.2) is 62.4 Å². The van der Waals surface area contributed by atoms with E-state index < -0.39 is 22.1 Å². The van der Waals surface area contributed by atoms with Gasteiger partial charge in [0.2, 0.25) is 0 Å². The molecule has 46 heavy (non-hydrogen) atoms. The van der Waals surface area contributed by atoms with E-state index in [1.165, 1.54) is 11.1 Å². The average Bonchev–Trinajstić information content (AvgIpc) is 3.17. The van der Waals surface area contributed by atoms with Gasteiger partial charge in [0, 0.05) is 51.4 Å². The molecule has 10 heteroatoms. The molecular formula is C36H43ClN2O4S3. The van der Waals surface area contributed by atoms with Gasteiger partial charge in [-0.2, -0.15) is 4.36 Å². The smallest absolute Gasteiger partial charge is 0.284 e. The van der Waals surface area contributed by atoms with Gasteiger partial charge >= 0.3 is 0 Å². The molecule has 0 radical (unpaired) electrons. The number of halogens is 1. The number of aryl methyl sites for hydroxylation is 1. The van der Waals surface area contributed by atoms with Gasteiger partial charge in [0.25, 0.3) is 5.91 Å². The van der Waals surface area contributed by atoms with E-state index in [1.54, 1.807) is 6.07 Å². The van der Waals surface area contributed by atoms with Crippen LogP contribution in [0.25, 0.3) is 0 Å². The number of benzene rings is 2. The third-order valence-corrected chi connectivity index (χ3v) is 15.3. The highest BCUT2D eigenvalue weighted by Crippen LogP contribution is 2.54. The highest BCUT2D eigenvalue weighted by atomic mass is 35.5. The summed E-state index contributed by atoms with van der Waals surface area (Å²) in [6.07, 6.45) is 9.76. The zero-order valence-corrected chi connectivity index (χ0v) is 29.6. The number of hydrogen-bond donors (Lipinski definition) is 2. The molecular weight excluding hydrogens is 656 g/mol. The number of aliphatic hydroxyl groups is 1. The van der Waals surface area contributed by atoms with Crippen molar-refractivity contribution in [1.29, 1.82) is 0 Å². The maximum Gasteiger partial charge on any atom is 0.284 e. The minimum Gasteiger partial charge on any atom is -0.490 e. The minimum absolute atomic E-state index is 0.0214. The maximum absolute atomic E-state index is 13.3. The SMILES string of the molecule is C=C1C[C@H]2CN3C[C@@]4(CCCc5cc(Cl)ccc54)COc4ccc(cc43)C(=O)/N=[SH](=O)\C[C@@H](C)C/C=C/C(O)(C3SCCCS3)[C@H]12. The Hall–Kier alpha value is -1.91. The molecule has 1 spiro atoms. The molecule has 246 valence electrons. The van der Waals surface area contributed by atoms with Crippen molar-refractivity contribution < 1.29 is 18.8 Å². The van der Waals surface area contributed by atoms with E-state index in [-0.39, 0.29) is 27.8 Å². The van der Waals surface area contributed by atoms with Crippen LogP contribution < -0.4 is 9.64 Å². The lowest BCUT2D eigenvalue weighted by molar-refractivity contribution is 0.00530. The quantitative estimate of drug-likeness (QED) is 0.239. The number of fused-ring (bicyclic) bond motifs is 4. The summed E-state index contributed by atoms with van der Waals surface area (Å²) in [5.74, 6) is 2.81. The summed E-state index contributed by atoms with van der Waals surface area (Å²) in [5.41, 5.74) is 3.62. The topological polar surface area (TPSA) is 79.2 Å². The summed E-state index contributed by atoms with van der Waals surface area (Å²) >= 11 is 10.2. The van der Waals surface area contributed by atoms with E-state index in [4.69, 9.17) is 16.3 Å². The highest BCUT2D eigenvalue weighted by molar-refractivity contribution is 8.17. The van der Waals surface area contributed by atoms with Crippen molar-refractivity contribution in [3.63, 3.8) is 0 Å². The molecule has 6 nitrogen and oxygen atoms in total. The van der Waals surface area contributed by atoms with Gasteiger partial charge in [0.1, 0.15) is 11.4 Å². The Labute approximate surface area is 288 Å². The van der Waals surface area contributed by atoms with Crippen LogP contribution in [0, 0.1) is 17.8 Å². The second-order valence-corrected chi connectivity index (χ2v) is 18.3. The van der Waals surface area contributed by atoms with E-state index in [9.17, 15) is 14.1 Å². The predicted molar refractivity (Wildman–Crippen MR) is 193 cm³/mol. The molecule has 2 aliphatic carbocycles. The fourth-order valence-electron chi connectivity index (χ4n) is 8.27. The standard InChI is InChI=1S/C36H43ClN2O4S3/c1-23-6-3-13-36(41,34-44-14-5-15-45-34)32-24(2)16-27(32)19-39-21-35(12-4-7-25-17-28(37)9-10-29(25)35)22-43-31-11-8-26(18-30(31)39)33(40)38-46(42)20-23/h3,8-11,13,17-18,23,27,32,34,41,46H,2,4-7,12,14-16,19-22H2,1H3/b13-3+/t23-,27-,32+,35-,36?/m0/s1. The first kappa shape index (κ1) is 32.6. The van der Waals surface area contributed by atoms with Gasteiger partial charge in [-0.15, -0.1) is 23.5 Å². The van der Waals surface area contributed by atoms with Gasteiger partial charge in [-0.05, 0) is 103 Å². The maximum atomic E-state index is 13.3. The Bertz CT molecular complexity index is 1650. The zero-order chi connectivity index (χ0) is 32.1. The molecule has 1 N–H and O–H groups in total. The summed E-state index contributed by atoms with van der Waals surface area (Å²) in [7, 11) is -2.07. The van der Waals surface area contributed by atoms with Gasteiger partial charge in [-0.25, -0.2) is 0 Å². The Morgan fingerprint density at radius 3 is 2.80 bits per heavy atom. The third kappa shape index (κ3) is 6.20. The van der Waals surface area contributed by atoms with Gasteiger partial charge in [0.05, 0.1) is 16.9 Å². The molecule has 2 bridgehead atoms. The van der Waals surface area contributed by atoms with Gasteiger partial charge in [-0.3, -0.25) is 9.00 Å². The molecule has 2 fully saturated rings. The van der Waals surface area contributed by atoms with Crippen LogP contribution in [0.1, 0.15) is 60.5 Å². The fraction of sp³-hybridized carbons (Fsp3) is 0.528. The molecule has 1 saturated carbocycles. The normalized spacial score (nSPS) is 34.7. The van der Waals surface area contributed by atoms with Crippen molar-refractivity contribution in [2.24, 2.45) is 22.1 Å². The van der Waals surface area contributed by atoms with Crippen LogP contribution in [0.2, 0.25) is 5.02 Å². The van der Waals surface area contributed by atoms with Gasteiger partial charge in [-0.1, -0.05) is 48.9 Å². The van der Waals surface area contributed by atoms with Crippen molar-refractivity contribution in [1.82, 2.24) is 0 Å². The number of anilines is 1. The highest BCUT2D eigenvalue weighted by Gasteiger charge is 2.53. The first-order valence-electron chi connectivity index (χ1n) is 16.5. The molecule has 3 aliphatic heterocycles. The van der Waals surface area contributed by atoms with Crippen LogP contribution in [0.3, 0.4) is 0 Å². The molecule has 7 rings (SSSR count). The Morgan fingerprint density at radius 2 is 2.00 bits per heavy atom. The largest absolute Gasteiger partial charge is 0.490 e. The number of carbonyl (C=O) groups is 1. The van der Waals surface area contributed by atoms with Crippen LogP contribution in [0.15, 0.2) is 65.1 Å². The van der Waals surface area contributed by atoms with E-state index >= 15 is 0 Å². The second-order valence-electron chi connectivity index (χ2n) is 13.9. The monoisotopic (exact) mass is 698 g/mol. The second kappa shape index (κ2) is 13.2. The lowest BCUT2D eigenvalue weighted by Gasteiger charge is -2.53. The van der Waals surface area contributed by atoms with Gasteiger partial charge in [0.15, 0.2) is 0 Å². The molecule has 2 aromatic carbocycles. The summed E-state index contributed by atoms with van der Waals surface area (Å²) in [6, 6.07) is 11.8. The van der Waals surface area contributed by atoms with E-state index in [2.05, 4.69) is 34.1 Å². The number of thiol groups is 1. The average molecular weight is 699 g/mol. The predicted octanol–water partition coefficient (Wildman–Crippen LogP) is 7.33. The molecule has 6 atom stereocenters. The van der Waals surface area contributed by atoms with Crippen molar-refractivity contribution in [3.05, 3.63) is 82.4 Å². The first-order valence-corrected chi connectivity index (χ1v) is 20.3. The van der Waals surface area contributed by atoms with Crippen molar-refractivity contribution in [3.8, 4) is 5.75 Å². The summed E-state index contributed by atoms with van der Waals surface area (Å²) in [4.78, 5) is 15.7. The molecule has 1 amide bonds. The van der Waals surface area contributed by atoms with E-state index in [0.717, 1.165) is 65.6 Å². The fourth-order valence-corrected chi connectivity index (χ4v) is 12.7. The number of carbonyl (C=O) groups excluding carboxylic acids is 1. The molecule has 0 aromatic heterocycles. The summed E-state index contributed by atoms with van der Waals surface area (Å²) < 4.78 is 23.8. The van der Waals surface area contributed by atoms with Gasteiger partial charge < -0.3 is 14.7 Å².